The fourth-order valence-electron chi connectivity index (χ4n) is 1.44. The van der Waals surface area contributed by atoms with Gasteiger partial charge in [-0.1, -0.05) is 18.5 Å². The van der Waals surface area contributed by atoms with E-state index >= 15 is 0 Å². The van der Waals surface area contributed by atoms with Gasteiger partial charge in [-0.15, -0.1) is 23.2 Å². The zero-order valence-corrected chi connectivity index (χ0v) is 12.6. The Balaban J connectivity index is 2.79. The van der Waals surface area contributed by atoms with Crippen molar-refractivity contribution in [3.05, 3.63) is 16.4 Å². The number of nitrogens with zero attached hydrogens (tertiary/aromatic N) is 2. The smallest absolute Gasteiger partial charge is 0.0863 e. The first kappa shape index (κ1) is 15.1. The quantitative estimate of drug-likeness (QED) is 0.818. The van der Waals surface area contributed by atoms with Crippen LogP contribution in [0, 0.1) is 0 Å². The summed E-state index contributed by atoms with van der Waals surface area (Å²) in [6.45, 7) is 4.63. The highest BCUT2D eigenvalue weighted by atomic mass is 35.5. The molecule has 1 aromatic heterocycles. The van der Waals surface area contributed by atoms with Crippen LogP contribution in [-0.4, -0.2) is 27.1 Å². The van der Waals surface area contributed by atoms with Crippen LogP contribution in [0.3, 0.4) is 0 Å². The van der Waals surface area contributed by atoms with Gasteiger partial charge in [-0.2, -0.15) is 5.10 Å². The van der Waals surface area contributed by atoms with Crippen LogP contribution in [0.2, 0.25) is 5.02 Å². The van der Waals surface area contributed by atoms with E-state index in [4.69, 9.17) is 34.8 Å². The second-order valence-corrected chi connectivity index (χ2v) is 5.28. The van der Waals surface area contributed by atoms with Gasteiger partial charge in [0.05, 0.1) is 16.4 Å². The molecule has 0 aliphatic heterocycles. The molecule has 0 aromatic carbocycles. The first-order chi connectivity index (χ1) is 7.97. The summed E-state index contributed by atoms with van der Waals surface area (Å²) < 4.78 is 1.80. The minimum atomic E-state index is -0.289. The number of hydrogen-bond acceptors (Lipinski definition) is 2. The number of nitrogens with one attached hydrogen (secondary N) is 1. The molecule has 0 spiro atoms. The molecule has 0 aliphatic carbocycles. The van der Waals surface area contributed by atoms with Crippen LogP contribution in [0.15, 0.2) is 0 Å². The molecule has 0 radical (unpaired) electrons. The van der Waals surface area contributed by atoms with Crippen LogP contribution in [0.4, 0.5) is 0 Å². The van der Waals surface area contributed by atoms with Crippen LogP contribution in [-0.2, 0) is 20.0 Å². The molecule has 0 bridgehead atoms. The summed E-state index contributed by atoms with van der Waals surface area (Å²) >= 11 is 18.0. The molecule has 0 fully saturated rings. The van der Waals surface area contributed by atoms with Gasteiger partial charge in [-0.3, -0.25) is 4.68 Å². The maximum absolute atomic E-state index is 6.26. The van der Waals surface area contributed by atoms with Crippen LogP contribution < -0.4 is 5.32 Å². The number of halogens is 3. The van der Waals surface area contributed by atoms with E-state index in [-0.39, 0.29) is 5.54 Å². The Labute approximate surface area is 117 Å². The van der Waals surface area contributed by atoms with E-state index in [9.17, 15) is 0 Å². The number of alkyl halides is 2. The molecule has 1 aromatic rings. The fourth-order valence-corrected chi connectivity index (χ4v) is 2.27. The Hall–Kier alpha value is 0.0400. The molecular formula is C11H18Cl3N3. The van der Waals surface area contributed by atoms with E-state index in [2.05, 4.69) is 10.4 Å². The molecule has 0 aliphatic rings. The van der Waals surface area contributed by atoms with Crippen LogP contribution >= 0.6 is 34.8 Å². The molecule has 0 saturated carbocycles. The number of aryl methyl sites for hydroxylation is 2. The molecule has 1 rings (SSSR count). The third-order valence-electron chi connectivity index (χ3n) is 2.78. The zero-order chi connectivity index (χ0) is 13.1. The largest absolute Gasteiger partial charge is 0.304 e. The molecule has 6 heteroatoms. The Bertz CT molecular complexity index is 372. The number of aromatic nitrogens is 2. The Kier molecular flexibility index (Phi) is 5.58. The highest BCUT2D eigenvalue weighted by molar-refractivity contribution is 6.31. The van der Waals surface area contributed by atoms with Gasteiger partial charge in [0.1, 0.15) is 0 Å². The Morgan fingerprint density at radius 1 is 1.35 bits per heavy atom. The van der Waals surface area contributed by atoms with Crippen molar-refractivity contribution < 1.29 is 0 Å². The zero-order valence-electron chi connectivity index (χ0n) is 10.4. The normalized spacial score (nSPS) is 12.1. The topological polar surface area (TPSA) is 29.9 Å². The monoisotopic (exact) mass is 297 g/mol. The van der Waals surface area contributed by atoms with Gasteiger partial charge < -0.3 is 5.32 Å². The lowest BCUT2D eigenvalue weighted by Crippen LogP contribution is -2.45. The second kappa shape index (κ2) is 6.28. The maximum atomic E-state index is 6.26. The fraction of sp³-hybridized carbons (Fsp3) is 0.727. The maximum Gasteiger partial charge on any atom is 0.0863 e. The lowest BCUT2D eigenvalue weighted by atomic mass is 10.1. The minimum absolute atomic E-state index is 0.289. The summed E-state index contributed by atoms with van der Waals surface area (Å²) in [6, 6.07) is 0. The predicted molar refractivity (Wildman–Crippen MR) is 74.3 cm³/mol. The SMILES string of the molecule is CCc1nn(C)c(CNC(C)(CCl)CCl)c1Cl. The molecule has 17 heavy (non-hydrogen) atoms. The molecular weight excluding hydrogens is 281 g/mol. The molecule has 0 saturated heterocycles. The average molecular weight is 299 g/mol. The van der Waals surface area contributed by atoms with Gasteiger partial charge in [-0.05, 0) is 13.3 Å². The standard InChI is InChI=1S/C11H18Cl3N3/c1-4-8-10(14)9(17(3)16-8)5-15-11(2,6-12)7-13/h15H,4-7H2,1-3H3. The summed E-state index contributed by atoms with van der Waals surface area (Å²) in [5, 5.41) is 8.41. The summed E-state index contributed by atoms with van der Waals surface area (Å²) in [5.41, 5.74) is 1.60. The van der Waals surface area contributed by atoms with Crippen molar-refractivity contribution in [2.24, 2.45) is 7.05 Å². The predicted octanol–water partition coefficient (Wildman–Crippen LogP) is 2.96. The molecule has 0 atom stereocenters. The van der Waals surface area contributed by atoms with E-state index in [1.54, 1.807) is 4.68 Å². The Morgan fingerprint density at radius 2 is 1.94 bits per heavy atom. The van der Waals surface area contributed by atoms with Crippen LogP contribution in [0.25, 0.3) is 0 Å². The lowest BCUT2D eigenvalue weighted by molar-refractivity contribution is 0.426. The second-order valence-electron chi connectivity index (χ2n) is 4.37. The van der Waals surface area contributed by atoms with Crippen molar-refractivity contribution in [3.8, 4) is 0 Å². The third kappa shape index (κ3) is 3.50. The molecule has 98 valence electrons. The minimum Gasteiger partial charge on any atom is -0.304 e. The third-order valence-corrected chi connectivity index (χ3v) is 4.39. The first-order valence-electron chi connectivity index (χ1n) is 5.54. The molecule has 1 N–H and O–H groups in total. The van der Waals surface area contributed by atoms with Gasteiger partial charge in [0.25, 0.3) is 0 Å². The van der Waals surface area contributed by atoms with Gasteiger partial charge in [0, 0.05) is 30.9 Å². The van der Waals surface area contributed by atoms with Crippen molar-refractivity contribution in [1.29, 1.82) is 0 Å². The summed E-state index contributed by atoms with van der Waals surface area (Å²) in [6.07, 6.45) is 0.828. The van der Waals surface area contributed by atoms with Crippen LogP contribution in [0.1, 0.15) is 25.2 Å². The molecule has 0 amide bonds. The van der Waals surface area contributed by atoms with Gasteiger partial charge in [0.15, 0.2) is 0 Å². The average Bonchev–Trinajstić information content (AvgIpc) is 2.61. The van der Waals surface area contributed by atoms with E-state index in [1.807, 2.05) is 20.9 Å². The van der Waals surface area contributed by atoms with E-state index in [0.717, 1.165) is 22.8 Å². The Morgan fingerprint density at radius 3 is 2.35 bits per heavy atom. The molecule has 1 heterocycles. The van der Waals surface area contributed by atoms with Crippen molar-refractivity contribution >= 4 is 34.8 Å². The number of hydrogen-bond donors (Lipinski definition) is 1. The first-order valence-corrected chi connectivity index (χ1v) is 6.99. The van der Waals surface area contributed by atoms with Gasteiger partial charge >= 0.3 is 0 Å². The molecule has 3 nitrogen and oxygen atoms in total. The summed E-state index contributed by atoms with van der Waals surface area (Å²) in [5.74, 6) is 0.902. The number of rotatable bonds is 6. The lowest BCUT2D eigenvalue weighted by Gasteiger charge is -2.26. The van der Waals surface area contributed by atoms with E-state index < -0.39 is 0 Å². The molecule has 0 unspecified atom stereocenters. The van der Waals surface area contributed by atoms with Crippen molar-refractivity contribution in [1.82, 2.24) is 15.1 Å². The highest BCUT2D eigenvalue weighted by Gasteiger charge is 2.23. The van der Waals surface area contributed by atoms with Gasteiger partial charge in [0.2, 0.25) is 0 Å². The van der Waals surface area contributed by atoms with E-state index in [1.165, 1.54) is 0 Å². The van der Waals surface area contributed by atoms with Crippen LogP contribution in [0.5, 0.6) is 0 Å². The summed E-state index contributed by atoms with van der Waals surface area (Å²) in [7, 11) is 1.89. The highest BCUT2D eigenvalue weighted by Crippen LogP contribution is 2.21. The summed E-state index contributed by atoms with van der Waals surface area (Å²) in [4.78, 5) is 0. The van der Waals surface area contributed by atoms with Crippen molar-refractivity contribution in [2.45, 2.75) is 32.4 Å². The van der Waals surface area contributed by atoms with Gasteiger partial charge in [-0.25, -0.2) is 0 Å². The van der Waals surface area contributed by atoms with Crippen molar-refractivity contribution in [2.75, 3.05) is 11.8 Å². The van der Waals surface area contributed by atoms with E-state index in [0.29, 0.717) is 18.3 Å². The van der Waals surface area contributed by atoms with Crippen molar-refractivity contribution in [3.63, 3.8) is 0 Å².